The second-order valence-electron chi connectivity index (χ2n) is 3.05. The van der Waals surface area contributed by atoms with E-state index < -0.39 is 42.0 Å². The standard InChI is InChI=1S/C8H11N4O5/c9-4(14)1-3(2-13)12-7(15)5(10)6(11)8(16)17/h3,5,11H,1,10H2,(H2,9,14)(H,12,15)(H,16,17)/t3-,5-/m0/s1. The summed E-state index contributed by atoms with van der Waals surface area (Å²) in [6.07, 6.45) is 0.847. The van der Waals surface area contributed by atoms with E-state index in [1.54, 1.807) is 0 Å². The van der Waals surface area contributed by atoms with E-state index in [0.29, 0.717) is 0 Å². The van der Waals surface area contributed by atoms with Crippen LogP contribution in [0, 0.1) is 5.41 Å². The Labute approximate surface area is 95.6 Å². The van der Waals surface area contributed by atoms with Crippen LogP contribution in [-0.2, 0) is 19.2 Å². The van der Waals surface area contributed by atoms with Crippen LogP contribution in [0.3, 0.4) is 0 Å². The summed E-state index contributed by atoms with van der Waals surface area (Å²) in [5.41, 5.74) is 8.89. The van der Waals surface area contributed by atoms with Crippen molar-refractivity contribution in [3.8, 4) is 0 Å². The Morgan fingerprint density at radius 3 is 2.29 bits per heavy atom. The van der Waals surface area contributed by atoms with Gasteiger partial charge in [0.1, 0.15) is 17.8 Å². The summed E-state index contributed by atoms with van der Waals surface area (Å²) in [7, 11) is 0. The van der Waals surface area contributed by atoms with Crippen LogP contribution < -0.4 is 16.8 Å². The van der Waals surface area contributed by atoms with E-state index in [1.807, 2.05) is 5.32 Å². The van der Waals surface area contributed by atoms with Gasteiger partial charge >= 0.3 is 5.97 Å². The number of carboxylic acids is 1. The van der Waals surface area contributed by atoms with Crippen molar-refractivity contribution in [2.45, 2.75) is 18.5 Å². The van der Waals surface area contributed by atoms with E-state index in [2.05, 4.69) is 0 Å². The first kappa shape index (κ1) is 14.7. The zero-order valence-electron chi connectivity index (χ0n) is 8.60. The molecule has 0 spiro atoms. The molecule has 0 aromatic heterocycles. The molecule has 2 atom stereocenters. The van der Waals surface area contributed by atoms with Crippen LogP contribution in [-0.4, -0.2) is 47.0 Å². The third-order valence-corrected chi connectivity index (χ3v) is 1.69. The minimum atomic E-state index is -1.74. The molecule has 1 radical (unpaired) electrons. The van der Waals surface area contributed by atoms with Gasteiger partial charge in [-0.15, -0.1) is 0 Å². The van der Waals surface area contributed by atoms with E-state index in [0.717, 1.165) is 0 Å². The highest BCUT2D eigenvalue weighted by Gasteiger charge is 2.26. The van der Waals surface area contributed by atoms with Crippen molar-refractivity contribution in [2.24, 2.45) is 11.5 Å². The molecular formula is C8H11N4O5. The molecule has 0 aromatic carbocycles. The maximum Gasteiger partial charge on any atom is 0.351 e. The number of carboxylic acid groups (broad SMARTS) is 1. The lowest BCUT2D eigenvalue weighted by Crippen LogP contribution is -2.52. The quantitative estimate of drug-likeness (QED) is 0.295. The molecule has 9 nitrogen and oxygen atoms in total. The molecule has 93 valence electrons. The molecule has 9 heteroatoms. The van der Waals surface area contributed by atoms with Gasteiger partial charge in [-0.25, -0.2) is 4.79 Å². The maximum absolute atomic E-state index is 11.3. The summed E-state index contributed by atoms with van der Waals surface area (Å²) in [5.74, 6) is -3.58. The Balaban J connectivity index is 4.51. The summed E-state index contributed by atoms with van der Waals surface area (Å²) in [4.78, 5) is 42.4. The molecule has 0 bridgehead atoms. The monoisotopic (exact) mass is 243 g/mol. The highest BCUT2D eigenvalue weighted by atomic mass is 16.4. The molecule has 0 aliphatic carbocycles. The summed E-state index contributed by atoms with van der Waals surface area (Å²) >= 11 is 0. The average Bonchev–Trinajstić information content (AvgIpc) is 2.24. The number of hydrogen-bond donors (Lipinski definition) is 5. The van der Waals surface area contributed by atoms with Gasteiger partial charge in [0.2, 0.25) is 18.1 Å². The first-order valence-electron chi connectivity index (χ1n) is 4.33. The summed E-state index contributed by atoms with van der Waals surface area (Å²) < 4.78 is 0. The van der Waals surface area contributed by atoms with Gasteiger partial charge in [-0.2, -0.15) is 0 Å². The Hall–Kier alpha value is -2.29. The van der Waals surface area contributed by atoms with E-state index in [9.17, 15) is 19.2 Å². The van der Waals surface area contributed by atoms with E-state index in [4.69, 9.17) is 22.0 Å². The average molecular weight is 243 g/mol. The predicted octanol–water partition coefficient (Wildman–Crippen LogP) is -3.11. The lowest BCUT2D eigenvalue weighted by Gasteiger charge is -2.14. The summed E-state index contributed by atoms with van der Waals surface area (Å²) in [5, 5.41) is 17.3. The van der Waals surface area contributed by atoms with Gasteiger partial charge in [0.05, 0.1) is 6.42 Å². The molecule has 0 rings (SSSR count). The molecule has 0 fully saturated rings. The highest BCUT2D eigenvalue weighted by molar-refractivity contribution is 6.40. The first-order valence-corrected chi connectivity index (χ1v) is 4.33. The minimum absolute atomic E-state index is 0.484. The number of rotatable bonds is 7. The van der Waals surface area contributed by atoms with Crippen LogP contribution in [0.15, 0.2) is 0 Å². The van der Waals surface area contributed by atoms with Crippen LogP contribution in [0.1, 0.15) is 6.42 Å². The Morgan fingerprint density at radius 2 is 1.94 bits per heavy atom. The fraction of sp³-hybridized carbons (Fsp3) is 0.375. The van der Waals surface area contributed by atoms with Crippen molar-refractivity contribution in [1.82, 2.24) is 5.32 Å². The number of nitrogens with two attached hydrogens (primary N) is 2. The molecular weight excluding hydrogens is 232 g/mol. The molecule has 0 unspecified atom stereocenters. The van der Waals surface area contributed by atoms with Gasteiger partial charge in [0.15, 0.2) is 0 Å². The van der Waals surface area contributed by atoms with Crippen LogP contribution in [0.4, 0.5) is 0 Å². The van der Waals surface area contributed by atoms with Crippen molar-refractivity contribution < 1.29 is 24.3 Å². The fourth-order valence-electron chi connectivity index (χ4n) is 0.849. The number of primary amides is 1. The summed E-state index contributed by atoms with van der Waals surface area (Å²) in [6, 6.07) is -3.05. The van der Waals surface area contributed by atoms with Crippen molar-refractivity contribution in [3.05, 3.63) is 0 Å². The topological polar surface area (TPSA) is 176 Å². The molecule has 0 saturated heterocycles. The molecule has 0 aromatic rings. The van der Waals surface area contributed by atoms with Gasteiger partial charge in [-0.3, -0.25) is 19.8 Å². The fourth-order valence-corrected chi connectivity index (χ4v) is 0.849. The second kappa shape index (κ2) is 6.33. The second-order valence-corrected chi connectivity index (χ2v) is 3.05. The minimum Gasteiger partial charge on any atom is -0.477 e. The highest BCUT2D eigenvalue weighted by Crippen LogP contribution is 1.91. The number of amides is 2. The van der Waals surface area contributed by atoms with Crippen molar-refractivity contribution >= 4 is 29.8 Å². The first-order chi connectivity index (χ1) is 7.79. The summed E-state index contributed by atoms with van der Waals surface area (Å²) in [6.45, 7) is 0. The van der Waals surface area contributed by atoms with Crippen LogP contribution in [0.2, 0.25) is 0 Å². The molecule has 0 aliphatic rings. The SMILES string of the molecule is N=C(C(=O)O)[C@H](N)C(=O)N[C@H]([C]=O)CC(N)=O. The van der Waals surface area contributed by atoms with Crippen molar-refractivity contribution in [2.75, 3.05) is 0 Å². The molecule has 7 N–H and O–H groups in total. The molecule has 0 aliphatic heterocycles. The van der Waals surface area contributed by atoms with Crippen molar-refractivity contribution in [3.63, 3.8) is 0 Å². The smallest absolute Gasteiger partial charge is 0.351 e. The molecule has 2 amide bonds. The van der Waals surface area contributed by atoms with Gasteiger partial charge in [0.25, 0.3) is 0 Å². The van der Waals surface area contributed by atoms with E-state index >= 15 is 0 Å². The van der Waals surface area contributed by atoms with Gasteiger partial charge in [0, 0.05) is 0 Å². The number of hydrogen-bond acceptors (Lipinski definition) is 6. The predicted molar refractivity (Wildman–Crippen MR) is 54.8 cm³/mol. The largest absolute Gasteiger partial charge is 0.477 e. The number of carbonyl (C=O) groups is 3. The van der Waals surface area contributed by atoms with Crippen LogP contribution in [0.25, 0.3) is 0 Å². The Morgan fingerprint density at radius 1 is 1.41 bits per heavy atom. The zero-order valence-corrected chi connectivity index (χ0v) is 8.60. The molecule has 17 heavy (non-hydrogen) atoms. The lowest BCUT2D eigenvalue weighted by molar-refractivity contribution is -0.131. The zero-order chi connectivity index (χ0) is 13.6. The van der Waals surface area contributed by atoms with Crippen molar-refractivity contribution in [1.29, 1.82) is 5.41 Å². The lowest BCUT2D eigenvalue weighted by atomic mass is 10.1. The maximum atomic E-state index is 11.3. The van der Waals surface area contributed by atoms with Crippen LogP contribution >= 0.6 is 0 Å². The van der Waals surface area contributed by atoms with Gasteiger partial charge in [-0.1, -0.05) is 0 Å². The molecule has 0 saturated carbocycles. The third-order valence-electron chi connectivity index (χ3n) is 1.69. The van der Waals surface area contributed by atoms with E-state index in [1.165, 1.54) is 6.29 Å². The number of aliphatic carboxylic acids is 1. The van der Waals surface area contributed by atoms with Gasteiger partial charge < -0.3 is 21.9 Å². The normalized spacial score (nSPS) is 13.2. The Kier molecular flexibility index (Phi) is 5.47. The van der Waals surface area contributed by atoms with Gasteiger partial charge in [-0.05, 0) is 0 Å². The van der Waals surface area contributed by atoms with Crippen LogP contribution in [0.5, 0.6) is 0 Å². The number of carbonyl (C=O) groups excluding carboxylic acids is 3. The number of nitrogens with one attached hydrogen (secondary N) is 2. The van der Waals surface area contributed by atoms with E-state index in [-0.39, 0.29) is 0 Å². The third kappa shape index (κ3) is 4.84. The Bertz CT molecular complexity index is 367. The molecule has 0 heterocycles.